The lowest BCUT2D eigenvalue weighted by Gasteiger charge is -2.09. The smallest absolute Gasteiger partial charge is 0.123 e. The Morgan fingerprint density at radius 3 is 2.00 bits per heavy atom. The summed E-state index contributed by atoms with van der Waals surface area (Å²) in [5, 5.41) is 0. The molecular formula is C15H15F. The van der Waals surface area contributed by atoms with Crippen LogP contribution in [0.4, 0.5) is 4.39 Å². The van der Waals surface area contributed by atoms with Gasteiger partial charge in [-0.05, 0) is 60.7 Å². The molecule has 0 aromatic heterocycles. The van der Waals surface area contributed by atoms with Crippen molar-refractivity contribution in [2.45, 2.75) is 20.8 Å². The highest BCUT2D eigenvalue weighted by Gasteiger charge is 2.03. The minimum Gasteiger partial charge on any atom is -0.207 e. The summed E-state index contributed by atoms with van der Waals surface area (Å²) in [4.78, 5) is 0. The van der Waals surface area contributed by atoms with Gasteiger partial charge in [0.1, 0.15) is 5.82 Å². The molecule has 0 radical (unpaired) electrons. The summed E-state index contributed by atoms with van der Waals surface area (Å²) < 4.78 is 13.1. The molecule has 2 aromatic rings. The van der Waals surface area contributed by atoms with Gasteiger partial charge in [0.05, 0.1) is 0 Å². The largest absolute Gasteiger partial charge is 0.207 e. The van der Waals surface area contributed by atoms with E-state index in [0.29, 0.717) is 0 Å². The van der Waals surface area contributed by atoms with E-state index in [0.717, 1.165) is 11.1 Å². The average molecular weight is 214 g/mol. The molecule has 0 bridgehead atoms. The van der Waals surface area contributed by atoms with Crippen molar-refractivity contribution in [2.75, 3.05) is 0 Å². The third-order valence-electron chi connectivity index (χ3n) is 3.08. The summed E-state index contributed by atoms with van der Waals surface area (Å²) in [6.07, 6.45) is 0. The molecule has 82 valence electrons. The molecule has 0 unspecified atom stereocenters. The van der Waals surface area contributed by atoms with Gasteiger partial charge < -0.3 is 0 Å². The van der Waals surface area contributed by atoms with Crippen molar-refractivity contribution in [1.29, 1.82) is 0 Å². The average Bonchev–Trinajstić information content (AvgIpc) is 2.25. The minimum atomic E-state index is -0.187. The van der Waals surface area contributed by atoms with Crippen LogP contribution in [0.3, 0.4) is 0 Å². The molecule has 2 aromatic carbocycles. The van der Waals surface area contributed by atoms with Gasteiger partial charge in [-0.2, -0.15) is 0 Å². The van der Waals surface area contributed by atoms with Crippen LogP contribution >= 0.6 is 0 Å². The van der Waals surface area contributed by atoms with E-state index in [9.17, 15) is 4.39 Å². The first-order chi connectivity index (χ1) is 7.58. The van der Waals surface area contributed by atoms with Crippen LogP contribution in [0, 0.1) is 26.6 Å². The highest BCUT2D eigenvalue weighted by Crippen LogP contribution is 2.25. The molecule has 1 heteroatoms. The summed E-state index contributed by atoms with van der Waals surface area (Å²) in [6, 6.07) is 10.9. The molecular weight excluding hydrogens is 199 g/mol. The Labute approximate surface area is 95.7 Å². The lowest BCUT2D eigenvalue weighted by atomic mass is 9.96. The van der Waals surface area contributed by atoms with Crippen LogP contribution in [0.5, 0.6) is 0 Å². The van der Waals surface area contributed by atoms with Gasteiger partial charge in [-0.3, -0.25) is 0 Å². The van der Waals surface area contributed by atoms with Crippen molar-refractivity contribution in [3.05, 3.63) is 58.9 Å². The van der Waals surface area contributed by atoms with E-state index in [-0.39, 0.29) is 5.82 Å². The molecule has 0 aliphatic carbocycles. The Morgan fingerprint density at radius 1 is 0.812 bits per heavy atom. The van der Waals surface area contributed by atoms with Gasteiger partial charge in [0, 0.05) is 0 Å². The molecule has 0 saturated heterocycles. The molecule has 0 fully saturated rings. The van der Waals surface area contributed by atoms with Crippen LogP contribution in [-0.4, -0.2) is 0 Å². The summed E-state index contributed by atoms with van der Waals surface area (Å²) in [6.45, 7) is 6.29. The fourth-order valence-corrected chi connectivity index (χ4v) is 1.87. The van der Waals surface area contributed by atoms with Gasteiger partial charge >= 0.3 is 0 Å². The SMILES string of the molecule is Cc1cc(-c2cccc(F)c2)cc(C)c1C. The maximum absolute atomic E-state index is 13.1. The zero-order valence-corrected chi connectivity index (χ0v) is 9.84. The quantitative estimate of drug-likeness (QED) is 0.659. The van der Waals surface area contributed by atoms with E-state index in [1.807, 2.05) is 6.07 Å². The van der Waals surface area contributed by atoms with Crippen LogP contribution in [0.1, 0.15) is 16.7 Å². The molecule has 0 aliphatic rings. The van der Waals surface area contributed by atoms with E-state index in [1.165, 1.54) is 22.8 Å². The van der Waals surface area contributed by atoms with Crippen molar-refractivity contribution >= 4 is 0 Å². The number of benzene rings is 2. The van der Waals surface area contributed by atoms with Crippen LogP contribution in [-0.2, 0) is 0 Å². The molecule has 0 amide bonds. The normalized spacial score (nSPS) is 10.5. The second kappa shape index (κ2) is 4.09. The minimum absolute atomic E-state index is 0.187. The maximum Gasteiger partial charge on any atom is 0.123 e. The summed E-state index contributed by atoms with van der Waals surface area (Å²) in [5.41, 5.74) is 5.82. The maximum atomic E-state index is 13.1. The van der Waals surface area contributed by atoms with Gasteiger partial charge in [-0.15, -0.1) is 0 Å². The zero-order chi connectivity index (χ0) is 11.7. The van der Waals surface area contributed by atoms with Crippen molar-refractivity contribution < 1.29 is 4.39 Å². The molecule has 0 heterocycles. The predicted molar refractivity (Wildman–Crippen MR) is 66.0 cm³/mol. The van der Waals surface area contributed by atoms with Crippen LogP contribution in [0.15, 0.2) is 36.4 Å². The lowest BCUT2D eigenvalue weighted by Crippen LogP contribution is -1.89. The summed E-state index contributed by atoms with van der Waals surface area (Å²) >= 11 is 0. The van der Waals surface area contributed by atoms with Crippen molar-refractivity contribution in [3.8, 4) is 11.1 Å². The second-order valence-corrected chi connectivity index (χ2v) is 4.25. The van der Waals surface area contributed by atoms with Crippen LogP contribution in [0.2, 0.25) is 0 Å². The Hall–Kier alpha value is -1.63. The first kappa shape index (κ1) is 10.9. The van der Waals surface area contributed by atoms with Gasteiger partial charge in [0.25, 0.3) is 0 Å². The number of halogens is 1. The van der Waals surface area contributed by atoms with Gasteiger partial charge in [0.2, 0.25) is 0 Å². The number of hydrogen-bond acceptors (Lipinski definition) is 0. The Balaban J connectivity index is 2.57. The first-order valence-corrected chi connectivity index (χ1v) is 5.42. The summed E-state index contributed by atoms with van der Waals surface area (Å²) in [5.74, 6) is -0.187. The molecule has 0 atom stereocenters. The van der Waals surface area contributed by atoms with Gasteiger partial charge in [-0.1, -0.05) is 24.3 Å². The van der Waals surface area contributed by atoms with Crippen molar-refractivity contribution in [2.24, 2.45) is 0 Å². The van der Waals surface area contributed by atoms with Gasteiger partial charge in [-0.25, -0.2) is 4.39 Å². The second-order valence-electron chi connectivity index (χ2n) is 4.25. The highest BCUT2D eigenvalue weighted by atomic mass is 19.1. The van der Waals surface area contributed by atoms with E-state index in [2.05, 4.69) is 32.9 Å². The van der Waals surface area contributed by atoms with Crippen LogP contribution in [0.25, 0.3) is 11.1 Å². The molecule has 0 N–H and O–H groups in total. The molecule has 16 heavy (non-hydrogen) atoms. The molecule has 0 spiro atoms. The first-order valence-electron chi connectivity index (χ1n) is 5.42. The van der Waals surface area contributed by atoms with Gasteiger partial charge in [0.15, 0.2) is 0 Å². The fourth-order valence-electron chi connectivity index (χ4n) is 1.87. The number of aryl methyl sites for hydroxylation is 2. The van der Waals surface area contributed by atoms with E-state index < -0.39 is 0 Å². The van der Waals surface area contributed by atoms with E-state index in [1.54, 1.807) is 12.1 Å². The highest BCUT2D eigenvalue weighted by molar-refractivity contribution is 5.66. The standard InChI is InChI=1S/C15H15F/c1-10-7-14(8-11(2)12(10)3)13-5-4-6-15(16)9-13/h4-9H,1-3H3. The third-order valence-corrected chi connectivity index (χ3v) is 3.08. The predicted octanol–water partition coefficient (Wildman–Crippen LogP) is 4.42. The van der Waals surface area contributed by atoms with Crippen molar-refractivity contribution in [1.82, 2.24) is 0 Å². The molecule has 0 saturated carbocycles. The Morgan fingerprint density at radius 2 is 1.44 bits per heavy atom. The van der Waals surface area contributed by atoms with Crippen LogP contribution < -0.4 is 0 Å². The van der Waals surface area contributed by atoms with E-state index >= 15 is 0 Å². The Bertz CT molecular complexity index is 504. The fraction of sp³-hybridized carbons (Fsp3) is 0.200. The third kappa shape index (κ3) is 1.99. The molecule has 0 aliphatic heterocycles. The topological polar surface area (TPSA) is 0 Å². The Kier molecular flexibility index (Phi) is 2.78. The van der Waals surface area contributed by atoms with Crippen molar-refractivity contribution in [3.63, 3.8) is 0 Å². The van der Waals surface area contributed by atoms with E-state index in [4.69, 9.17) is 0 Å². The number of rotatable bonds is 1. The molecule has 0 nitrogen and oxygen atoms in total. The summed E-state index contributed by atoms with van der Waals surface area (Å²) in [7, 11) is 0. The monoisotopic (exact) mass is 214 g/mol. The number of hydrogen-bond donors (Lipinski definition) is 0. The molecule has 2 rings (SSSR count). The zero-order valence-electron chi connectivity index (χ0n) is 9.84. The lowest BCUT2D eigenvalue weighted by molar-refractivity contribution is 0.628.